The van der Waals surface area contributed by atoms with Crippen LogP contribution in [0.25, 0.3) is 0 Å². The van der Waals surface area contributed by atoms with Gasteiger partial charge in [-0.05, 0) is 25.7 Å². The highest BCUT2D eigenvalue weighted by atomic mass is 15.3. The van der Waals surface area contributed by atoms with Gasteiger partial charge < -0.3 is 5.32 Å². The van der Waals surface area contributed by atoms with Crippen molar-refractivity contribution >= 4 is 5.82 Å². The average Bonchev–Trinajstić information content (AvgIpc) is 2.73. The van der Waals surface area contributed by atoms with Crippen molar-refractivity contribution in [1.82, 2.24) is 9.78 Å². The smallest absolute Gasteiger partial charge is 0.148 e. The lowest BCUT2D eigenvalue weighted by atomic mass is 9.88. The molecule has 0 spiro atoms. The largest absolute Gasteiger partial charge is 0.368 e. The molecule has 0 amide bonds. The van der Waals surface area contributed by atoms with Crippen molar-refractivity contribution in [2.75, 3.05) is 11.9 Å². The summed E-state index contributed by atoms with van der Waals surface area (Å²) in [4.78, 5) is 0. The van der Waals surface area contributed by atoms with Crippen LogP contribution in [0.5, 0.6) is 0 Å². The molecule has 0 bridgehead atoms. The Morgan fingerprint density at radius 3 is 2.76 bits per heavy atom. The molecule has 17 heavy (non-hydrogen) atoms. The molecule has 0 fully saturated rings. The summed E-state index contributed by atoms with van der Waals surface area (Å²) in [5, 5.41) is 16.4. The third kappa shape index (κ3) is 4.48. The van der Waals surface area contributed by atoms with E-state index in [1.165, 1.54) is 0 Å². The highest BCUT2D eigenvalue weighted by Gasteiger charge is 2.17. The third-order valence-corrected chi connectivity index (χ3v) is 2.80. The van der Waals surface area contributed by atoms with Gasteiger partial charge in [-0.1, -0.05) is 13.8 Å². The van der Waals surface area contributed by atoms with Crippen molar-refractivity contribution in [2.24, 2.45) is 5.41 Å². The van der Waals surface area contributed by atoms with Crippen molar-refractivity contribution in [3.63, 3.8) is 0 Å². The van der Waals surface area contributed by atoms with Crippen LogP contribution in [-0.4, -0.2) is 16.3 Å². The minimum absolute atomic E-state index is 0.122. The fourth-order valence-electron chi connectivity index (χ4n) is 1.53. The van der Waals surface area contributed by atoms with Gasteiger partial charge in [0, 0.05) is 31.3 Å². The molecule has 0 aliphatic heterocycles. The summed E-state index contributed by atoms with van der Waals surface area (Å²) in [5.74, 6) is 0.906. The molecule has 0 aromatic carbocycles. The molecular weight excluding hydrogens is 212 g/mol. The quantitative estimate of drug-likeness (QED) is 0.822. The SMILES string of the molecule is CC(C)n1ccc(NCC(C)(C)CCC#N)n1. The summed E-state index contributed by atoms with van der Waals surface area (Å²) in [6.45, 7) is 9.37. The zero-order chi connectivity index (χ0) is 12.9. The monoisotopic (exact) mass is 234 g/mol. The Kier molecular flexibility index (Phi) is 4.56. The Bertz CT molecular complexity index is 384. The average molecular weight is 234 g/mol. The van der Waals surface area contributed by atoms with Gasteiger partial charge in [0.2, 0.25) is 0 Å². The van der Waals surface area contributed by atoms with Crippen molar-refractivity contribution in [2.45, 2.75) is 46.6 Å². The summed E-state index contributed by atoms with van der Waals surface area (Å²) >= 11 is 0. The molecular formula is C13H22N4. The molecule has 0 saturated carbocycles. The molecule has 1 aromatic heterocycles. The van der Waals surface area contributed by atoms with Crippen molar-refractivity contribution in [3.05, 3.63) is 12.3 Å². The van der Waals surface area contributed by atoms with Gasteiger partial charge in [-0.2, -0.15) is 10.4 Å². The third-order valence-electron chi connectivity index (χ3n) is 2.80. The van der Waals surface area contributed by atoms with Crippen LogP contribution in [0.1, 0.15) is 46.6 Å². The number of nitriles is 1. The second-order valence-corrected chi connectivity index (χ2v) is 5.45. The van der Waals surface area contributed by atoms with Gasteiger partial charge in [0.05, 0.1) is 6.07 Å². The van der Waals surface area contributed by atoms with Crippen LogP contribution in [0.3, 0.4) is 0 Å². The number of anilines is 1. The zero-order valence-electron chi connectivity index (χ0n) is 11.2. The number of hydrogen-bond donors (Lipinski definition) is 1. The van der Waals surface area contributed by atoms with Crippen molar-refractivity contribution < 1.29 is 0 Å². The summed E-state index contributed by atoms with van der Waals surface area (Å²) in [6, 6.07) is 4.57. The van der Waals surface area contributed by atoms with Crippen LogP contribution in [0.2, 0.25) is 0 Å². The Morgan fingerprint density at radius 2 is 2.24 bits per heavy atom. The summed E-state index contributed by atoms with van der Waals surface area (Å²) < 4.78 is 1.94. The van der Waals surface area contributed by atoms with Crippen molar-refractivity contribution in [3.8, 4) is 6.07 Å². The van der Waals surface area contributed by atoms with Gasteiger partial charge in [-0.15, -0.1) is 0 Å². The maximum absolute atomic E-state index is 8.59. The van der Waals surface area contributed by atoms with E-state index < -0.39 is 0 Å². The number of nitrogens with zero attached hydrogens (tertiary/aromatic N) is 3. The first-order valence-corrected chi connectivity index (χ1v) is 6.10. The molecule has 0 radical (unpaired) electrons. The topological polar surface area (TPSA) is 53.6 Å². The standard InChI is InChI=1S/C13H22N4/c1-11(2)17-9-6-12(16-17)15-10-13(3,4)7-5-8-14/h6,9,11H,5,7,10H2,1-4H3,(H,15,16). The molecule has 0 aliphatic carbocycles. The second-order valence-electron chi connectivity index (χ2n) is 5.45. The molecule has 0 atom stereocenters. The van der Waals surface area contributed by atoms with E-state index in [4.69, 9.17) is 5.26 Å². The highest BCUT2D eigenvalue weighted by Crippen LogP contribution is 2.22. The van der Waals surface area contributed by atoms with Crippen LogP contribution in [-0.2, 0) is 0 Å². The lowest BCUT2D eigenvalue weighted by Gasteiger charge is -2.23. The van der Waals surface area contributed by atoms with Gasteiger partial charge in [0.25, 0.3) is 0 Å². The van der Waals surface area contributed by atoms with Gasteiger partial charge in [0.1, 0.15) is 5.82 Å². The van der Waals surface area contributed by atoms with E-state index in [0.717, 1.165) is 18.8 Å². The van der Waals surface area contributed by atoms with Crippen LogP contribution < -0.4 is 5.32 Å². The van der Waals surface area contributed by atoms with E-state index in [1.807, 2.05) is 16.9 Å². The normalized spacial score (nSPS) is 11.5. The van der Waals surface area contributed by atoms with Gasteiger partial charge in [-0.25, -0.2) is 0 Å². The number of rotatable bonds is 6. The van der Waals surface area contributed by atoms with Crippen molar-refractivity contribution in [1.29, 1.82) is 5.26 Å². The Labute approximate surface area is 104 Å². The minimum Gasteiger partial charge on any atom is -0.368 e. The van der Waals surface area contributed by atoms with E-state index in [2.05, 4.69) is 44.2 Å². The van der Waals surface area contributed by atoms with E-state index >= 15 is 0 Å². The molecule has 1 aromatic rings. The molecule has 4 nitrogen and oxygen atoms in total. The van der Waals surface area contributed by atoms with Gasteiger partial charge >= 0.3 is 0 Å². The lowest BCUT2D eigenvalue weighted by Crippen LogP contribution is -2.23. The van der Waals surface area contributed by atoms with Crippen LogP contribution in [0, 0.1) is 16.7 Å². The fourth-order valence-corrected chi connectivity index (χ4v) is 1.53. The predicted octanol–water partition coefficient (Wildman–Crippen LogP) is 3.21. The molecule has 0 saturated heterocycles. The van der Waals surface area contributed by atoms with Crippen LogP contribution >= 0.6 is 0 Å². The maximum atomic E-state index is 8.59. The first kappa shape index (κ1) is 13.6. The highest BCUT2D eigenvalue weighted by molar-refractivity contribution is 5.32. The van der Waals surface area contributed by atoms with Crippen LogP contribution in [0.15, 0.2) is 12.3 Å². The minimum atomic E-state index is 0.122. The summed E-state index contributed by atoms with van der Waals surface area (Å²) in [5.41, 5.74) is 0.122. The van der Waals surface area contributed by atoms with Gasteiger partial charge in [-0.3, -0.25) is 4.68 Å². The molecule has 0 aliphatic rings. The molecule has 4 heteroatoms. The lowest BCUT2D eigenvalue weighted by molar-refractivity contribution is 0.363. The molecule has 94 valence electrons. The molecule has 1 heterocycles. The Morgan fingerprint density at radius 1 is 1.53 bits per heavy atom. The van der Waals surface area contributed by atoms with E-state index in [1.54, 1.807) is 0 Å². The molecule has 0 unspecified atom stereocenters. The van der Waals surface area contributed by atoms with Gasteiger partial charge in [0.15, 0.2) is 0 Å². The molecule has 1 rings (SSSR count). The number of nitrogens with one attached hydrogen (secondary N) is 1. The first-order valence-electron chi connectivity index (χ1n) is 6.10. The van der Waals surface area contributed by atoms with E-state index in [9.17, 15) is 0 Å². The Balaban J connectivity index is 2.46. The maximum Gasteiger partial charge on any atom is 0.148 e. The summed E-state index contributed by atoms with van der Waals surface area (Å²) in [6.07, 6.45) is 3.49. The second kappa shape index (κ2) is 5.72. The van der Waals surface area contributed by atoms with E-state index in [-0.39, 0.29) is 5.41 Å². The number of hydrogen-bond acceptors (Lipinski definition) is 3. The number of aromatic nitrogens is 2. The zero-order valence-corrected chi connectivity index (χ0v) is 11.2. The Hall–Kier alpha value is -1.50. The van der Waals surface area contributed by atoms with Crippen LogP contribution in [0.4, 0.5) is 5.82 Å². The van der Waals surface area contributed by atoms with E-state index in [0.29, 0.717) is 12.5 Å². The first-order chi connectivity index (χ1) is 7.94. The predicted molar refractivity (Wildman–Crippen MR) is 69.7 cm³/mol. The molecule has 1 N–H and O–H groups in total. The summed E-state index contributed by atoms with van der Waals surface area (Å²) in [7, 11) is 0. The fraction of sp³-hybridized carbons (Fsp3) is 0.692.